The maximum Gasteiger partial charge on any atom is 0.246 e. The number of halogens is 2. The van der Waals surface area contributed by atoms with Crippen molar-refractivity contribution in [2.75, 3.05) is 46.6 Å². The summed E-state index contributed by atoms with van der Waals surface area (Å²) in [6, 6.07) is 7.23. The number of aromatic nitrogens is 4. The van der Waals surface area contributed by atoms with E-state index < -0.39 is 11.6 Å². The van der Waals surface area contributed by atoms with Crippen LogP contribution in [0.1, 0.15) is 29.9 Å². The molecule has 1 N–H and O–H groups in total. The normalized spacial score (nSPS) is 16.1. The molecule has 0 spiro atoms. The van der Waals surface area contributed by atoms with Crippen molar-refractivity contribution < 1.29 is 32.6 Å². The van der Waals surface area contributed by atoms with Crippen molar-refractivity contribution >= 4 is 16.9 Å². The van der Waals surface area contributed by atoms with Crippen LogP contribution in [0.3, 0.4) is 0 Å². The number of aliphatic hydroxyl groups excluding tert-OH is 1. The van der Waals surface area contributed by atoms with Crippen LogP contribution < -0.4 is 4.74 Å². The summed E-state index contributed by atoms with van der Waals surface area (Å²) in [4.78, 5) is 26.4. The minimum Gasteiger partial charge on any atom is -0.490 e. The fourth-order valence-corrected chi connectivity index (χ4v) is 6.79. The number of methoxy groups -OCH3 is 1. The van der Waals surface area contributed by atoms with Gasteiger partial charge in [-0.15, -0.1) is 0 Å². The summed E-state index contributed by atoms with van der Waals surface area (Å²) in [5, 5.41) is 15.0. The Balaban J connectivity index is 1.46. The minimum atomic E-state index is -0.842. The number of hydrogen-bond donors (Lipinski definition) is 1. The van der Waals surface area contributed by atoms with Gasteiger partial charge in [-0.05, 0) is 36.8 Å². The van der Waals surface area contributed by atoms with Crippen LogP contribution in [0.25, 0.3) is 44.7 Å². The van der Waals surface area contributed by atoms with E-state index in [0.717, 1.165) is 42.0 Å². The van der Waals surface area contributed by atoms with Crippen molar-refractivity contribution in [3.8, 4) is 39.5 Å². The lowest BCUT2D eigenvalue weighted by atomic mass is 9.94. The average molecular weight is 671 g/mol. The van der Waals surface area contributed by atoms with E-state index in [-0.39, 0.29) is 43.1 Å². The van der Waals surface area contributed by atoms with Crippen LogP contribution in [-0.2, 0) is 29.0 Å². The van der Waals surface area contributed by atoms with Gasteiger partial charge in [0.05, 0.1) is 43.3 Å². The molecule has 2 aliphatic heterocycles. The molecule has 0 saturated carbocycles. The summed E-state index contributed by atoms with van der Waals surface area (Å²) in [6.45, 7) is 8.73. The molecule has 13 heteroatoms. The smallest absolute Gasteiger partial charge is 0.246 e. The van der Waals surface area contributed by atoms with Gasteiger partial charge in [0.1, 0.15) is 41.1 Å². The van der Waals surface area contributed by atoms with Crippen LogP contribution in [0.15, 0.2) is 59.9 Å². The molecule has 0 aliphatic carbocycles. The third kappa shape index (κ3) is 5.98. The van der Waals surface area contributed by atoms with E-state index in [1.807, 2.05) is 23.7 Å². The molecule has 49 heavy (non-hydrogen) atoms. The number of furan rings is 1. The number of amides is 1. The molecule has 1 unspecified atom stereocenters. The number of carbonyl (C=O) groups excluding carboxylic acids is 1. The molecule has 254 valence electrons. The first kappa shape index (κ1) is 32.6. The number of hydrogen-bond acceptors (Lipinski definition) is 9. The molecule has 1 atom stereocenters. The zero-order valence-electron chi connectivity index (χ0n) is 27.3. The molecule has 11 nitrogen and oxygen atoms in total. The lowest BCUT2D eigenvalue weighted by Crippen LogP contribution is -2.40. The fourth-order valence-electron chi connectivity index (χ4n) is 6.79. The third-order valence-corrected chi connectivity index (χ3v) is 9.19. The Hall–Kier alpha value is -4.98. The number of nitrogens with zero attached hydrogens (tertiary/aromatic N) is 6. The summed E-state index contributed by atoms with van der Waals surface area (Å²) in [6.07, 6.45) is 5.30. The van der Waals surface area contributed by atoms with E-state index in [1.165, 1.54) is 19.4 Å². The van der Waals surface area contributed by atoms with Crippen LogP contribution >= 0.6 is 0 Å². The first-order valence-corrected chi connectivity index (χ1v) is 16.2. The quantitative estimate of drug-likeness (QED) is 0.159. The van der Waals surface area contributed by atoms with E-state index in [1.54, 1.807) is 17.2 Å². The molecular formula is C36H36F2N6O5. The van der Waals surface area contributed by atoms with Gasteiger partial charge in [0.15, 0.2) is 5.58 Å². The second-order valence-corrected chi connectivity index (χ2v) is 12.1. The largest absolute Gasteiger partial charge is 0.490 e. The predicted octanol–water partition coefficient (Wildman–Crippen LogP) is 5.16. The second-order valence-electron chi connectivity index (χ2n) is 12.1. The molecule has 1 amide bonds. The van der Waals surface area contributed by atoms with Gasteiger partial charge in [0, 0.05) is 80.2 Å². The molecule has 1 aromatic carbocycles. The van der Waals surface area contributed by atoms with E-state index in [4.69, 9.17) is 29.0 Å². The first-order valence-electron chi connectivity index (χ1n) is 16.2. The van der Waals surface area contributed by atoms with Crippen molar-refractivity contribution in [3.05, 3.63) is 84.0 Å². The topological polar surface area (TPSA) is 119 Å². The van der Waals surface area contributed by atoms with Gasteiger partial charge in [-0.25, -0.2) is 13.8 Å². The second kappa shape index (κ2) is 13.5. The zero-order chi connectivity index (χ0) is 34.2. The monoisotopic (exact) mass is 670 g/mol. The number of ether oxygens (including phenoxy) is 2. The van der Waals surface area contributed by atoms with E-state index in [0.29, 0.717) is 65.4 Å². The van der Waals surface area contributed by atoms with Gasteiger partial charge >= 0.3 is 0 Å². The molecule has 0 saturated heterocycles. The number of aliphatic hydroxyl groups is 1. The van der Waals surface area contributed by atoms with Gasteiger partial charge in [-0.3, -0.25) is 19.4 Å². The van der Waals surface area contributed by atoms with Crippen molar-refractivity contribution in [2.24, 2.45) is 0 Å². The Morgan fingerprint density at radius 2 is 2.00 bits per heavy atom. The van der Waals surface area contributed by atoms with Crippen LogP contribution in [-0.4, -0.2) is 87.1 Å². The van der Waals surface area contributed by atoms with Crippen LogP contribution in [0.5, 0.6) is 5.75 Å². The van der Waals surface area contributed by atoms with Gasteiger partial charge in [0.25, 0.3) is 0 Å². The predicted molar refractivity (Wildman–Crippen MR) is 178 cm³/mol. The highest BCUT2D eigenvalue weighted by atomic mass is 19.1. The first-order chi connectivity index (χ1) is 23.8. The number of carbonyl (C=O) groups is 1. The van der Waals surface area contributed by atoms with Gasteiger partial charge in [0.2, 0.25) is 5.91 Å². The van der Waals surface area contributed by atoms with Crippen molar-refractivity contribution in [1.29, 1.82) is 0 Å². The molecule has 2 aliphatic rings. The summed E-state index contributed by atoms with van der Waals surface area (Å²) in [5.74, 6) is -1.85. The highest BCUT2D eigenvalue weighted by molar-refractivity contribution is 6.06. The Labute approximate surface area is 281 Å². The van der Waals surface area contributed by atoms with Gasteiger partial charge in [-0.1, -0.05) is 6.58 Å². The molecule has 7 rings (SSSR count). The Morgan fingerprint density at radius 3 is 2.80 bits per heavy atom. The number of fused-ring (bicyclic) bond motifs is 3. The van der Waals surface area contributed by atoms with Crippen molar-refractivity contribution in [1.82, 2.24) is 29.5 Å². The summed E-state index contributed by atoms with van der Waals surface area (Å²) in [7, 11) is 1.51. The molecule has 6 heterocycles. The van der Waals surface area contributed by atoms with Crippen LogP contribution in [0, 0.1) is 11.6 Å². The van der Waals surface area contributed by atoms with Crippen molar-refractivity contribution in [3.63, 3.8) is 0 Å². The van der Waals surface area contributed by atoms with E-state index >= 15 is 4.39 Å². The maximum absolute atomic E-state index is 16.1. The standard InChI is InChI=1S/C36H36F2N6O5/c1-4-31(46)43-8-9-44-29(21(43)2)18-28(41-44)35-32(33-26(38)16-24(37)17-30(33)48-14-13-47-3)25-6-12-49-36(25)34(40-35)22-15-23-20-42(10-11-45)7-5-27(23)39-19-22/h4,6,12,15-19,21,45H,1,5,7-11,13-14,20H2,2-3H3. The molecule has 0 radical (unpaired) electrons. The van der Waals surface area contributed by atoms with Gasteiger partial charge in [-0.2, -0.15) is 5.10 Å². The van der Waals surface area contributed by atoms with E-state index in [2.05, 4.69) is 11.5 Å². The summed E-state index contributed by atoms with van der Waals surface area (Å²) in [5.41, 5.74) is 5.38. The Morgan fingerprint density at radius 1 is 1.14 bits per heavy atom. The van der Waals surface area contributed by atoms with Crippen LogP contribution in [0.2, 0.25) is 0 Å². The van der Waals surface area contributed by atoms with Crippen LogP contribution in [0.4, 0.5) is 8.78 Å². The van der Waals surface area contributed by atoms with Gasteiger partial charge < -0.3 is 23.9 Å². The summed E-state index contributed by atoms with van der Waals surface area (Å²) < 4.78 is 49.7. The number of benzene rings is 1. The average Bonchev–Trinajstić information content (AvgIpc) is 3.76. The SMILES string of the molecule is C=CC(=O)N1CCn2nc(-c3nc(-c4cnc5c(c4)CN(CCO)CC5)c4occc4c3-c3c(F)cc(F)cc3OCCOC)cc2C1C. The lowest BCUT2D eigenvalue weighted by molar-refractivity contribution is -0.129. The molecule has 0 fully saturated rings. The highest BCUT2D eigenvalue weighted by Gasteiger charge is 2.32. The molecular weight excluding hydrogens is 634 g/mol. The zero-order valence-corrected chi connectivity index (χ0v) is 27.3. The number of pyridine rings is 2. The number of β-amino-alcohol motifs (C(OH)–C–C–N with tert-alkyl or cyclic N) is 1. The number of rotatable bonds is 10. The van der Waals surface area contributed by atoms with Crippen molar-refractivity contribution in [2.45, 2.75) is 32.5 Å². The molecule has 0 bridgehead atoms. The molecule has 5 aromatic rings. The fraction of sp³-hybridized carbons (Fsp3) is 0.333. The summed E-state index contributed by atoms with van der Waals surface area (Å²) >= 11 is 0. The maximum atomic E-state index is 16.1. The van der Waals surface area contributed by atoms with E-state index in [9.17, 15) is 14.3 Å². The Kier molecular flexibility index (Phi) is 8.97. The minimum absolute atomic E-state index is 0.00338. The highest BCUT2D eigenvalue weighted by Crippen LogP contribution is 2.46. The molecule has 4 aromatic heterocycles. The lowest BCUT2D eigenvalue weighted by Gasteiger charge is -2.33. The Bertz CT molecular complexity index is 2060. The third-order valence-electron chi connectivity index (χ3n) is 9.19.